The van der Waals surface area contributed by atoms with E-state index in [9.17, 15) is 14.0 Å². The highest BCUT2D eigenvalue weighted by molar-refractivity contribution is 5.96. The van der Waals surface area contributed by atoms with Gasteiger partial charge >= 0.3 is 6.03 Å². The normalized spacial score (nSPS) is 11.5. The number of hydrogen-bond acceptors (Lipinski definition) is 5. The molecular formula is C20H22FN7O2. The third-order valence-corrected chi connectivity index (χ3v) is 4.23. The number of amides is 3. The molecular weight excluding hydrogens is 389 g/mol. The fraction of sp³-hybridized carbons (Fsp3) is 0.250. The van der Waals surface area contributed by atoms with E-state index in [0.29, 0.717) is 24.3 Å². The molecule has 9 nitrogen and oxygen atoms in total. The van der Waals surface area contributed by atoms with Crippen molar-refractivity contribution in [1.29, 1.82) is 0 Å². The summed E-state index contributed by atoms with van der Waals surface area (Å²) in [6, 6.07) is 8.02. The van der Waals surface area contributed by atoms with E-state index in [2.05, 4.69) is 31.0 Å². The first-order valence-corrected chi connectivity index (χ1v) is 9.46. The van der Waals surface area contributed by atoms with E-state index in [1.54, 1.807) is 24.3 Å². The Morgan fingerprint density at radius 2 is 1.97 bits per heavy atom. The molecule has 2 aromatic heterocycles. The number of urea groups is 1. The lowest BCUT2D eigenvalue weighted by Gasteiger charge is -2.18. The molecule has 156 valence electrons. The summed E-state index contributed by atoms with van der Waals surface area (Å²) in [5, 5.41) is 12.1. The highest BCUT2D eigenvalue weighted by Crippen LogP contribution is 2.10. The Morgan fingerprint density at radius 3 is 2.60 bits per heavy atom. The van der Waals surface area contributed by atoms with Crippen molar-refractivity contribution < 1.29 is 14.0 Å². The molecule has 0 saturated heterocycles. The van der Waals surface area contributed by atoms with Crippen LogP contribution in [-0.2, 0) is 11.3 Å². The van der Waals surface area contributed by atoms with Gasteiger partial charge in [-0.05, 0) is 36.2 Å². The predicted octanol–water partition coefficient (Wildman–Crippen LogP) is 2.41. The Morgan fingerprint density at radius 1 is 1.17 bits per heavy atom. The Hall–Kier alpha value is -3.82. The van der Waals surface area contributed by atoms with Gasteiger partial charge in [0.15, 0.2) is 5.82 Å². The van der Waals surface area contributed by atoms with Gasteiger partial charge in [0.05, 0.1) is 11.9 Å². The number of pyridine rings is 1. The van der Waals surface area contributed by atoms with Gasteiger partial charge in [0.2, 0.25) is 5.91 Å². The summed E-state index contributed by atoms with van der Waals surface area (Å²) in [5.74, 6) is -0.121. The van der Waals surface area contributed by atoms with E-state index in [-0.39, 0.29) is 18.3 Å². The number of halogens is 1. The van der Waals surface area contributed by atoms with Crippen LogP contribution in [0.25, 0.3) is 5.82 Å². The van der Waals surface area contributed by atoms with Gasteiger partial charge in [-0.1, -0.05) is 25.5 Å². The number of nitrogens with zero attached hydrogens (tertiary/aromatic N) is 4. The zero-order valence-corrected chi connectivity index (χ0v) is 16.4. The summed E-state index contributed by atoms with van der Waals surface area (Å²) in [7, 11) is 0. The lowest BCUT2D eigenvalue weighted by molar-refractivity contribution is -0.118. The maximum atomic E-state index is 12.9. The molecule has 0 saturated carbocycles. The lowest BCUT2D eigenvalue weighted by atomic mass is 10.1. The third kappa shape index (κ3) is 5.84. The summed E-state index contributed by atoms with van der Waals surface area (Å²) >= 11 is 0. The van der Waals surface area contributed by atoms with Gasteiger partial charge < -0.3 is 16.0 Å². The molecule has 1 aromatic carbocycles. The topological polar surface area (TPSA) is 114 Å². The van der Waals surface area contributed by atoms with Crippen LogP contribution in [0, 0.1) is 5.82 Å². The molecule has 3 N–H and O–H groups in total. The minimum atomic E-state index is -0.710. The third-order valence-electron chi connectivity index (χ3n) is 4.23. The second-order valence-electron chi connectivity index (χ2n) is 6.53. The van der Waals surface area contributed by atoms with Crippen molar-refractivity contribution in [2.45, 2.75) is 32.4 Å². The van der Waals surface area contributed by atoms with E-state index < -0.39 is 12.1 Å². The van der Waals surface area contributed by atoms with E-state index in [1.165, 1.54) is 35.7 Å². The highest BCUT2D eigenvalue weighted by Gasteiger charge is 2.20. The number of anilines is 1. The standard InChI is InChI=1S/C20H22FN7O2/c1-2-3-17(27-20(30)24-10-14-4-6-15(21)7-5-14)19(29)26-16-8-9-18(23-11-16)28-13-22-12-25-28/h4-9,11-13,17H,2-3,10H2,1H3,(H,26,29)(H2,24,27,30). The average molecular weight is 411 g/mol. The molecule has 2 heterocycles. The van der Waals surface area contributed by atoms with Crippen LogP contribution < -0.4 is 16.0 Å². The van der Waals surface area contributed by atoms with Crippen LogP contribution in [0.4, 0.5) is 14.9 Å². The second kappa shape index (κ2) is 10.1. The largest absolute Gasteiger partial charge is 0.334 e. The second-order valence-corrected chi connectivity index (χ2v) is 6.53. The number of hydrogen-bond donors (Lipinski definition) is 3. The number of carbonyl (C=O) groups excluding carboxylic acids is 2. The van der Waals surface area contributed by atoms with Crippen LogP contribution in [0.2, 0.25) is 0 Å². The first-order valence-electron chi connectivity index (χ1n) is 9.46. The van der Waals surface area contributed by atoms with Crippen molar-refractivity contribution in [2.75, 3.05) is 5.32 Å². The monoisotopic (exact) mass is 411 g/mol. The zero-order chi connectivity index (χ0) is 21.3. The molecule has 10 heteroatoms. The smallest absolute Gasteiger partial charge is 0.315 e. The van der Waals surface area contributed by atoms with Crippen molar-refractivity contribution in [1.82, 2.24) is 30.4 Å². The highest BCUT2D eigenvalue weighted by atomic mass is 19.1. The zero-order valence-electron chi connectivity index (χ0n) is 16.4. The summed E-state index contributed by atoms with van der Waals surface area (Å²) < 4.78 is 14.4. The van der Waals surface area contributed by atoms with Crippen molar-refractivity contribution in [3.63, 3.8) is 0 Å². The molecule has 0 bridgehead atoms. The van der Waals surface area contributed by atoms with E-state index in [4.69, 9.17) is 0 Å². The molecule has 3 amide bonds. The van der Waals surface area contributed by atoms with Crippen molar-refractivity contribution >= 4 is 17.6 Å². The van der Waals surface area contributed by atoms with Crippen molar-refractivity contribution in [3.05, 3.63) is 66.6 Å². The molecule has 30 heavy (non-hydrogen) atoms. The van der Waals surface area contributed by atoms with Gasteiger partial charge in [0, 0.05) is 6.54 Å². The van der Waals surface area contributed by atoms with Gasteiger partial charge in [0.25, 0.3) is 0 Å². The first-order chi connectivity index (χ1) is 14.5. The van der Waals surface area contributed by atoms with Crippen LogP contribution in [0.5, 0.6) is 0 Å². The summed E-state index contributed by atoms with van der Waals surface area (Å²) in [6.45, 7) is 2.15. The number of nitrogens with one attached hydrogen (secondary N) is 3. The van der Waals surface area contributed by atoms with Gasteiger partial charge in [-0.3, -0.25) is 4.79 Å². The fourth-order valence-corrected chi connectivity index (χ4v) is 2.70. The molecule has 3 aromatic rings. The quantitative estimate of drug-likeness (QED) is 0.527. The van der Waals surface area contributed by atoms with Gasteiger partial charge in [-0.2, -0.15) is 5.10 Å². The fourth-order valence-electron chi connectivity index (χ4n) is 2.70. The van der Waals surface area contributed by atoms with Crippen LogP contribution in [0.1, 0.15) is 25.3 Å². The van der Waals surface area contributed by atoms with Crippen LogP contribution in [-0.4, -0.2) is 37.7 Å². The molecule has 3 rings (SSSR count). The maximum absolute atomic E-state index is 12.9. The van der Waals surface area contributed by atoms with Gasteiger partial charge in [-0.15, -0.1) is 0 Å². The molecule has 1 unspecified atom stereocenters. The number of rotatable bonds is 8. The van der Waals surface area contributed by atoms with Crippen molar-refractivity contribution in [3.8, 4) is 5.82 Å². The molecule has 0 fully saturated rings. The van der Waals surface area contributed by atoms with E-state index >= 15 is 0 Å². The predicted molar refractivity (Wildman–Crippen MR) is 108 cm³/mol. The molecule has 0 spiro atoms. The Kier molecular flexibility index (Phi) is 7.04. The molecule has 0 aliphatic carbocycles. The minimum Gasteiger partial charge on any atom is -0.334 e. The maximum Gasteiger partial charge on any atom is 0.315 e. The van der Waals surface area contributed by atoms with Crippen LogP contribution in [0.3, 0.4) is 0 Å². The van der Waals surface area contributed by atoms with Crippen LogP contribution in [0.15, 0.2) is 55.2 Å². The summed E-state index contributed by atoms with van der Waals surface area (Å²) in [5.41, 5.74) is 1.25. The molecule has 1 atom stereocenters. The molecule has 0 radical (unpaired) electrons. The molecule has 0 aliphatic rings. The number of aromatic nitrogens is 4. The van der Waals surface area contributed by atoms with Crippen molar-refractivity contribution in [2.24, 2.45) is 0 Å². The van der Waals surface area contributed by atoms with E-state index in [0.717, 1.165) is 5.56 Å². The van der Waals surface area contributed by atoms with Crippen LogP contribution >= 0.6 is 0 Å². The first kappa shape index (κ1) is 20.9. The summed E-state index contributed by atoms with van der Waals surface area (Å²) in [4.78, 5) is 32.9. The Labute approximate surface area is 172 Å². The summed E-state index contributed by atoms with van der Waals surface area (Å²) in [6.07, 6.45) is 5.61. The van der Waals surface area contributed by atoms with Gasteiger partial charge in [-0.25, -0.2) is 23.8 Å². The minimum absolute atomic E-state index is 0.222. The van der Waals surface area contributed by atoms with Gasteiger partial charge in [0.1, 0.15) is 24.5 Å². The number of carbonyl (C=O) groups is 2. The number of benzene rings is 1. The average Bonchev–Trinajstić information content (AvgIpc) is 3.28. The SMILES string of the molecule is CCCC(NC(=O)NCc1ccc(F)cc1)C(=O)Nc1ccc(-n2cncn2)nc1. The Balaban J connectivity index is 1.54. The van der Waals surface area contributed by atoms with E-state index in [1.807, 2.05) is 6.92 Å². The Bertz CT molecular complexity index is 960. The lowest BCUT2D eigenvalue weighted by Crippen LogP contribution is -2.47. The molecule has 0 aliphatic heterocycles.